The Balaban J connectivity index is 0.775. The maximum absolute atomic E-state index is 14.3. The topological polar surface area (TPSA) is 167 Å². The lowest BCUT2D eigenvalue weighted by atomic mass is 9.85. The maximum atomic E-state index is 14.3. The van der Waals surface area contributed by atoms with Crippen molar-refractivity contribution in [3.8, 4) is 15.4 Å². The lowest BCUT2D eigenvalue weighted by molar-refractivity contribution is -0.144. The van der Waals surface area contributed by atoms with Crippen molar-refractivity contribution in [3.05, 3.63) is 133 Å². The molecule has 3 N–H and O–H groups in total. The average Bonchev–Trinajstić information content (AvgIpc) is 4.21. The van der Waals surface area contributed by atoms with Gasteiger partial charge in [0.1, 0.15) is 29.0 Å². The largest absolute Gasteiger partial charge is 0.369 e. The molecule has 2 saturated heterocycles. The third-order valence-corrected chi connectivity index (χ3v) is 16.7. The summed E-state index contributed by atoms with van der Waals surface area (Å²) in [5.41, 5.74) is 10.1. The molecule has 0 bridgehead atoms. The van der Waals surface area contributed by atoms with Gasteiger partial charge in [0, 0.05) is 58.8 Å². The Kier molecular flexibility index (Phi) is 14.8. The fourth-order valence-electron chi connectivity index (χ4n) is 10.1. The van der Waals surface area contributed by atoms with Crippen LogP contribution < -0.4 is 20.9 Å². The van der Waals surface area contributed by atoms with Gasteiger partial charge in [-0.15, -0.1) is 32.9 Å². The number of thiophene rings is 1. The Labute approximate surface area is 434 Å². The zero-order valence-electron chi connectivity index (χ0n) is 42.2. The number of aliphatic imine (C=N–C) groups is 1. The molecule has 72 heavy (non-hydrogen) atoms. The SMILES string of the molecule is Cc1ncsc1-c1ccc([C@H](C)NC(=O)[C@@H]2CCCN2C(=O)C(NC(=O)Cc2ccc(N3CC[C@@H](NC(=O)CC[C@@H]4N=C(c5ccc(Cl)cc5)c5c(sc(C)c5C)-n5c(C)nnc54)C3)cc2)C(C)(C)C)cc1. The van der Waals surface area contributed by atoms with E-state index >= 15 is 0 Å². The predicted octanol–water partition coefficient (Wildman–Crippen LogP) is 9.35. The quantitative estimate of drug-likeness (QED) is 0.0971. The second-order valence-electron chi connectivity index (χ2n) is 20.5. The average molecular weight is 1030 g/mol. The number of hydrogen-bond acceptors (Lipinski definition) is 11. The van der Waals surface area contributed by atoms with Crippen molar-refractivity contribution < 1.29 is 19.2 Å². The molecule has 376 valence electrons. The Bertz CT molecular complexity index is 3010. The second kappa shape index (κ2) is 21.1. The number of hydrogen-bond donors (Lipinski definition) is 3. The molecule has 3 aromatic heterocycles. The third kappa shape index (κ3) is 10.8. The minimum absolute atomic E-state index is 0.0260. The van der Waals surface area contributed by atoms with Crippen LogP contribution >= 0.6 is 34.3 Å². The Morgan fingerprint density at radius 1 is 0.861 bits per heavy atom. The van der Waals surface area contributed by atoms with E-state index in [4.69, 9.17) is 16.6 Å². The van der Waals surface area contributed by atoms with Gasteiger partial charge in [0.25, 0.3) is 0 Å². The summed E-state index contributed by atoms with van der Waals surface area (Å²) in [6.07, 6.45) is 2.89. The fourth-order valence-corrected chi connectivity index (χ4v) is 12.3. The van der Waals surface area contributed by atoms with E-state index in [0.29, 0.717) is 37.4 Å². The summed E-state index contributed by atoms with van der Waals surface area (Å²) in [6, 6.07) is 21.7. The highest BCUT2D eigenvalue weighted by atomic mass is 35.5. The van der Waals surface area contributed by atoms with Crippen molar-refractivity contribution in [2.24, 2.45) is 10.4 Å². The summed E-state index contributed by atoms with van der Waals surface area (Å²) in [7, 11) is 0. The van der Waals surface area contributed by atoms with Crippen molar-refractivity contribution in [3.63, 3.8) is 0 Å². The number of anilines is 1. The maximum Gasteiger partial charge on any atom is 0.246 e. The molecule has 14 nitrogen and oxygen atoms in total. The molecule has 0 spiro atoms. The number of aryl methyl sites for hydroxylation is 3. The molecular weight excluding hydrogens is 964 g/mol. The van der Waals surface area contributed by atoms with E-state index in [1.54, 1.807) is 27.6 Å². The number of nitrogens with zero attached hydrogens (tertiary/aromatic N) is 7. The first kappa shape index (κ1) is 50.7. The van der Waals surface area contributed by atoms with Gasteiger partial charge < -0.3 is 25.8 Å². The highest BCUT2D eigenvalue weighted by Gasteiger charge is 2.42. The van der Waals surface area contributed by atoms with Crippen LogP contribution in [0.25, 0.3) is 15.4 Å². The molecule has 0 saturated carbocycles. The number of halogens is 1. The minimum Gasteiger partial charge on any atom is -0.369 e. The summed E-state index contributed by atoms with van der Waals surface area (Å²) in [4.78, 5) is 71.2. The van der Waals surface area contributed by atoms with E-state index in [1.807, 2.05) is 120 Å². The molecule has 3 aromatic carbocycles. The van der Waals surface area contributed by atoms with Crippen LogP contribution in [-0.2, 0) is 25.6 Å². The lowest BCUT2D eigenvalue weighted by Crippen LogP contribution is -2.58. The van der Waals surface area contributed by atoms with E-state index < -0.39 is 17.5 Å². The van der Waals surface area contributed by atoms with Crippen LogP contribution in [-0.4, -0.2) is 91.7 Å². The second-order valence-corrected chi connectivity index (χ2v) is 23.0. The highest BCUT2D eigenvalue weighted by Crippen LogP contribution is 2.40. The summed E-state index contributed by atoms with van der Waals surface area (Å²) < 4.78 is 2.10. The zero-order chi connectivity index (χ0) is 51.0. The number of carbonyl (C=O) groups excluding carboxylic acids is 4. The molecule has 9 rings (SSSR count). The number of rotatable bonds is 14. The molecule has 1 unspecified atom stereocenters. The van der Waals surface area contributed by atoms with Crippen molar-refractivity contribution in [1.29, 1.82) is 0 Å². The van der Waals surface area contributed by atoms with E-state index in [0.717, 1.165) is 85.0 Å². The molecule has 17 heteroatoms. The first-order valence-electron chi connectivity index (χ1n) is 24.8. The Morgan fingerprint density at radius 3 is 2.28 bits per heavy atom. The van der Waals surface area contributed by atoms with Gasteiger partial charge in [0.15, 0.2) is 5.82 Å². The van der Waals surface area contributed by atoms with Crippen LogP contribution in [0.15, 0.2) is 83.3 Å². The lowest BCUT2D eigenvalue weighted by Gasteiger charge is -2.35. The van der Waals surface area contributed by atoms with Gasteiger partial charge in [0.05, 0.1) is 34.3 Å². The van der Waals surface area contributed by atoms with Crippen LogP contribution in [0.5, 0.6) is 0 Å². The molecule has 0 aliphatic carbocycles. The van der Waals surface area contributed by atoms with Crippen molar-refractivity contribution in [2.45, 2.75) is 124 Å². The van der Waals surface area contributed by atoms with Crippen LogP contribution in [0.3, 0.4) is 0 Å². The Morgan fingerprint density at radius 2 is 1.58 bits per heavy atom. The number of thiazole rings is 1. The molecule has 3 aliphatic heterocycles. The molecule has 6 aromatic rings. The van der Waals surface area contributed by atoms with Crippen molar-refractivity contribution in [2.75, 3.05) is 24.5 Å². The van der Waals surface area contributed by atoms with Crippen LogP contribution in [0.1, 0.15) is 122 Å². The standard InChI is InChI=1S/C55H63ClN10O4S2/c1-31-34(4)72-54-47(31)48(38-17-19-40(56)20-18-38)60-43(51-63-62-35(5)66(51)54)23-24-45(67)59-41-25-27-64(29-41)42-21-11-36(12-22-42)28-46(68)61-50(55(6,7)8)53(70)65-26-9-10-44(65)52(69)58-32(2)37-13-15-39(16-14-37)49-33(3)57-30-71-49/h11-22,30,32,41,43-44,50H,9-10,23-29H2,1-8H3,(H,58,69)(H,59,67)(H,61,68)/t32-,41+,43-,44-,50?/m0/s1. The summed E-state index contributed by atoms with van der Waals surface area (Å²) in [5.74, 6) is 0.756. The normalized spacial score (nSPS) is 18.5. The molecular formula is C55H63ClN10O4S2. The van der Waals surface area contributed by atoms with Gasteiger partial charge >= 0.3 is 0 Å². The molecule has 5 atom stereocenters. The van der Waals surface area contributed by atoms with Gasteiger partial charge in [-0.1, -0.05) is 80.9 Å². The van der Waals surface area contributed by atoms with Crippen LogP contribution in [0.4, 0.5) is 5.69 Å². The predicted molar refractivity (Wildman–Crippen MR) is 286 cm³/mol. The van der Waals surface area contributed by atoms with E-state index in [2.05, 4.69) is 54.4 Å². The molecule has 3 aliphatic rings. The highest BCUT2D eigenvalue weighted by molar-refractivity contribution is 7.15. The molecule has 2 fully saturated rings. The van der Waals surface area contributed by atoms with Crippen LogP contribution in [0.2, 0.25) is 5.02 Å². The minimum atomic E-state index is -0.825. The summed E-state index contributed by atoms with van der Waals surface area (Å²) >= 11 is 9.60. The zero-order valence-corrected chi connectivity index (χ0v) is 44.6. The number of fused-ring (bicyclic) bond motifs is 3. The van der Waals surface area contributed by atoms with E-state index in [9.17, 15) is 19.2 Å². The van der Waals surface area contributed by atoms with Gasteiger partial charge in [-0.05, 0) is 112 Å². The monoisotopic (exact) mass is 1030 g/mol. The number of benzene rings is 3. The number of carbonyl (C=O) groups is 4. The van der Waals surface area contributed by atoms with Crippen molar-refractivity contribution in [1.82, 2.24) is 40.6 Å². The summed E-state index contributed by atoms with van der Waals surface area (Å²) in [5, 5.41) is 20.2. The van der Waals surface area contributed by atoms with Gasteiger partial charge in [-0.3, -0.25) is 28.7 Å². The first-order chi connectivity index (χ1) is 34.4. The third-order valence-electron chi connectivity index (χ3n) is 14.3. The van der Waals surface area contributed by atoms with Crippen LogP contribution in [0, 0.1) is 33.1 Å². The number of amides is 4. The summed E-state index contributed by atoms with van der Waals surface area (Å²) in [6.45, 7) is 17.8. The smallest absolute Gasteiger partial charge is 0.246 e. The number of aromatic nitrogens is 4. The number of nitrogens with one attached hydrogen (secondary N) is 3. The van der Waals surface area contributed by atoms with Gasteiger partial charge in [-0.25, -0.2) is 4.98 Å². The first-order valence-corrected chi connectivity index (χ1v) is 26.9. The van der Waals surface area contributed by atoms with Gasteiger partial charge in [0.2, 0.25) is 23.6 Å². The van der Waals surface area contributed by atoms with Crippen molar-refractivity contribution >= 4 is 69.3 Å². The molecule has 4 amide bonds. The fraction of sp³-hybridized carbons (Fsp3) is 0.418. The Hall–Kier alpha value is -6.23. The van der Waals surface area contributed by atoms with Gasteiger partial charge in [-0.2, -0.15) is 0 Å². The molecule has 6 heterocycles. The number of likely N-dealkylation sites (tertiary alicyclic amines) is 1. The molecule has 0 radical (unpaired) electrons. The van der Waals surface area contributed by atoms with E-state index in [-0.39, 0.29) is 54.6 Å². The van der Waals surface area contributed by atoms with E-state index in [1.165, 1.54) is 4.88 Å².